The topological polar surface area (TPSA) is 95.9 Å². The van der Waals surface area contributed by atoms with Gasteiger partial charge in [0, 0.05) is 39.1 Å². The molecule has 156 valence electrons. The third-order valence-electron chi connectivity index (χ3n) is 5.56. The van der Waals surface area contributed by atoms with E-state index in [4.69, 9.17) is 0 Å². The molecule has 0 spiro atoms. The highest BCUT2D eigenvalue weighted by Gasteiger charge is 2.26. The highest BCUT2D eigenvalue weighted by Crippen LogP contribution is 2.23. The van der Waals surface area contributed by atoms with E-state index in [2.05, 4.69) is 20.6 Å². The summed E-state index contributed by atoms with van der Waals surface area (Å²) in [7, 11) is 1.84. The Morgan fingerprint density at radius 1 is 1.17 bits per heavy atom. The zero-order chi connectivity index (χ0) is 20.9. The Bertz CT molecular complexity index is 988. The fraction of sp³-hybridized carbons (Fsp3) is 0.364. The number of carbonyl (C=O) groups excluding carboxylic acids is 2. The Morgan fingerprint density at radius 2 is 1.93 bits per heavy atom. The van der Waals surface area contributed by atoms with Gasteiger partial charge in [-0.2, -0.15) is 10.2 Å². The highest BCUT2D eigenvalue weighted by atomic mass is 16.2. The van der Waals surface area contributed by atoms with E-state index in [0.29, 0.717) is 36.8 Å². The molecule has 4 rings (SSSR count). The first-order chi connectivity index (χ1) is 14.6. The number of hydrogen-bond donors (Lipinski definition) is 2. The minimum atomic E-state index is -0.103. The molecule has 30 heavy (non-hydrogen) atoms. The van der Waals surface area contributed by atoms with Gasteiger partial charge in [0.1, 0.15) is 5.69 Å². The van der Waals surface area contributed by atoms with E-state index >= 15 is 0 Å². The third-order valence-corrected chi connectivity index (χ3v) is 5.56. The second-order valence-corrected chi connectivity index (χ2v) is 7.74. The molecule has 0 atom stereocenters. The maximum absolute atomic E-state index is 12.7. The molecule has 1 aliphatic rings. The number of nitrogens with zero attached hydrogens (tertiary/aromatic N) is 4. The summed E-state index contributed by atoms with van der Waals surface area (Å²) in [6, 6.07) is 11.5. The van der Waals surface area contributed by atoms with Gasteiger partial charge in [-0.3, -0.25) is 19.4 Å². The van der Waals surface area contributed by atoms with Crippen LogP contribution in [0.5, 0.6) is 0 Å². The monoisotopic (exact) mass is 406 g/mol. The predicted octanol–water partition coefficient (Wildman–Crippen LogP) is 2.17. The molecule has 2 amide bonds. The van der Waals surface area contributed by atoms with Crippen LogP contribution < -0.4 is 5.32 Å². The van der Waals surface area contributed by atoms with Crippen molar-refractivity contribution < 1.29 is 9.59 Å². The van der Waals surface area contributed by atoms with Gasteiger partial charge in [0.25, 0.3) is 11.8 Å². The SMILES string of the molecule is Cn1cc(C(=O)NCc2ccccc2)c(CC2CCN(C(=O)c3ccn[nH]3)CC2)n1. The number of hydrogen-bond acceptors (Lipinski definition) is 4. The smallest absolute Gasteiger partial charge is 0.271 e. The summed E-state index contributed by atoms with van der Waals surface area (Å²) in [4.78, 5) is 27.0. The maximum atomic E-state index is 12.7. The lowest BCUT2D eigenvalue weighted by molar-refractivity contribution is 0.0684. The van der Waals surface area contributed by atoms with Crippen molar-refractivity contribution in [2.75, 3.05) is 13.1 Å². The van der Waals surface area contributed by atoms with Crippen molar-refractivity contribution in [2.24, 2.45) is 13.0 Å². The molecule has 0 unspecified atom stereocenters. The average molecular weight is 406 g/mol. The standard InChI is InChI=1S/C22H26N6O2/c1-27-15-18(21(29)23-14-17-5-3-2-4-6-17)20(26-27)13-16-8-11-28(12-9-16)22(30)19-7-10-24-25-19/h2-7,10,15-16H,8-9,11-14H2,1H3,(H,23,29)(H,24,25). The Morgan fingerprint density at radius 3 is 2.63 bits per heavy atom. The summed E-state index contributed by atoms with van der Waals surface area (Å²) >= 11 is 0. The van der Waals surface area contributed by atoms with Gasteiger partial charge >= 0.3 is 0 Å². The molecule has 2 aromatic heterocycles. The molecule has 1 aliphatic heterocycles. The first-order valence-corrected chi connectivity index (χ1v) is 10.2. The predicted molar refractivity (Wildman–Crippen MR) is 112 cm³/mol. The number of amides is 2. The zero-order valence-electron chi connectivity index (χ0n) is 17.0. The van der Waals surface area contributed by atoms with Gasteiger partial charge in [0.2, 0.25) is 0 Å². The van der Waals surface area contributed by atoms with Gasteiger partial charge in [-0.15, -0.1) is 0 Å². The number of rotatable bonds is 6. The summed E-state index contributed by atoms with van der Waals surface area (Å²) in [5.74, 6) is 0.282. The Hall–Kier alpha value is -3.42. The summed E-state index contributed by atoms with van der Waals surface area (Å²) in [6.07, 6.45) is 5.89. The number of aromatic nitrogens is 4. The minimum absolute atomic E-state index is 0.00948. The van der Waals surface area contributed by atoms with Crippen LogP contribution in [-0.4, -0.2) is 49.8 Å². The number of aromatic amines is 1. The van der Waals surface area contributed by atoms with Gasteiger partial charge in [0.05, 0.1) is 11.3 Å². The lowest BCUT2D eigenvalue weighted by Gasteiger charge is -2.31. The van der Waals surface area contributed by atoms with E-state index in [1.807, 2.05) is 42.3 Å². The van der Waals surface area contributed by atoms with Crippen LogP contribution in [0.15, 0.2) is 48.8 Å². The molecule has 0 bridgehead atoms. The Kier molecular flexibility index (Phi) is 5.92. The average Bonchev–Trinajstić information content (AvgIpc) is 3.43. The Balaban J connectivity index is 1.34. The molecule has 3 heterocycles. The van der Waals surface area contributed by atoms with Crippen LogP contribution >= 0.6 is 0 Å². The molecule has 1 fully saturated rings. The number of likely N-dealkylation sites (tertiary alicyclic amines) is 1. The number of piperidine rings is 1. The highest BCUT2D eigenvalue weighted by molar-refractivity contribution is 5.95. The third kappa shape index (κ3) is 4.59. The second-order valence-electron chi connectivity index (χ2n) is 7.74. The molecular formula is C22H26N6O2. The molecule has 0 radical (unpaired) electrons. The van der Waals surface area contributed by atoms with Gasteiger partial charge < -0.3 is 10.2 Å². The van der Waals surface area contributed by atoms with Crippen LogP contribution in [0.4, 0.5) is 0 Å². The van der Waals surface area contributed by atoms with Gasteiger partial charge in [-0.05, 0) is 36.8 Å². The van der Waals surface area contributed by atoms with E-state index in [-0.39, 0.29) is 11.8 Å². The van der Waals surface area contributed by atoms with Gasteiger partial charge in [-0.25, -0.2) is 0 Å². The molecule has 8 nitrogen and oxygen atoms in total. The van der Waals surface area contributed by atoms with E-state index < -0.39 is 0 Å². The molecule has 8 heteroatoms. The normalized spacial score (nSPS) is 14.6. The molecular weight excluding hydrogens is 380 g/mol. The van der Waals surface area contributed by atoms with E-state index in [9.17, 15) is 9.59 Å². The van der Waals surface area contributed by atoms with E-state index in [0.717, 1.165) is 30.5 Å². The second kappa shape index (κ2) is 8.94. The van der Waals surface area contributed by atoms with Gasteiger partial charge in [-0.1, -0.05) is 30.3 Å². The van der Waals surface area contributed by atoms with Crippen LogP contribution in [0.25, 0.3) is 0 Å². The number of nitrogens with one attached hydrogen (secondary N) is 2. The quantitative estimate of drug-likeness (QED) is 0.656. The lowest BCUT2D eigenvalue weighted by Crippen LogP contribution is -2.39. The number of benzene rings is 1. The van der Waals surface area contributed by atoms with Crippen LogP contribution in [0, 0.1) is 5.92 Å². The van der Waals surface area contributed by atoms with Crippen LogP contribution in [0.3, 0.4) is 0 Å². The van der Waals surface area contributed by atoms with E-state index in [1.54, 1.807) is 23.1 Å². The molecule has 0 saturated carbocycles. The summed E-state index contributed by atoms with van der Waals surface area (Å²) in [6.45, 7) is 1.89. The van der Waals surface area contributed by atoms with Crippen LogP contribution in [-0.2, 0) is 20.0 Å². The molecule has 1 aromatic carbocycles. The first kappa shape index (κ1) is 19.9. The lowest BCUT2D eigenvalue weighted by atomic mass is 9.91. The van der Waals surface area contributed by atoms with Crippen LogP contribution in [0.2, 0.25) is 0 Å². The van der Waals surface area contributed by atoms with Crippen molar-refractivity contribution in [3.8, 4) is 0 Å². The summed E-state index contributed by atoms with van der Waals surface area (Å²) in [5, 5.41) is 14.1. The van der Waals surface area contributed by atoms with Crippen molar-refractivity contribution in [1.29, 1.82) is 0 Å². The van der Waals surface area contributed by atoms with Crippen molar-refractivity contribution in [2.45, 2.75) is 25.8 Å². The Labute approximate surface area is 175 Å². The fourth-order valence-electron chi connectivity index (χ4n) is 3.91. The first-order valence-electron chi connectivity index (χ1n) is 10.2. The van der Waals surface area contributed by atoms with Crippen molar-refractivity contribution in [3.05, 3.63) is 71.3 Å². The molecule has 0 aliphatic carbocycles. The van der Waals surface area contributed by atoms with Gasteiger partial charge in [0.15, 0.2) is 0 Å². The van der Waals surface area contributed by atoms with Crippen molar-refractivity contribution >= 4 is 11.8 Å². The summed E-state index contributed by atoms with van der Waals surface area (Å²) in [5.41, 5.74) is 3.03. The molecule has 1 saturated heterocycles. The molecule has 3 aromatic rings. The zero-order valence-corrected chi connectivity index (χ0v) is 17.0. The summed E-state index contributed by atoms with van der Waals surface area (Å²) < 4.78 is 1.70. The number of carbonyl (C=O) groups is 2. The number of H-pyrrole nitrogens is 1. The minimum Gasteiger partial charge on any atom is -0.348 e. The fourth-order valence-corrected chi connectivity index (χ4v) is 3.91. The maximum Gasteiger partial charge on any atom is 0.271 e. The molecule has 2 N–H and O–H groups in total. The largest absolute Gasteiger partial charge is 0.348 e. The van der Waals surface area contributed by atoms with E-state index in [1.165, 1.54) is 0 Å². The number of aryl methyl sites for hydroxylation is 1. The van der Waals surface area contributed by atoms with Crippen molar-refractivity contribution in [3.63, 3.8) is 0 Å². The van der Waals surface area contributed by atoms with Crippen LogP contribution in [0.1, 0.15) is 44.9 Å². The van der Waals surface area contributed by atoms with Crippen molar-refractivity contribution in [1.82, 2.24) is 30.2 Å².